The van der Waals surface area contributed by atoms with Gasteiger partial charge in [-0.2, -0.15) is 0 Å². The van der Waals surface area contributed by atoms with Crippen molar-refractivity contribution in [2.24, 2.45) is 0 Å². The smallest absolute Gasteiger partial charge is 0.245 e. The number of hydrogen-bond acceptors (Lipinski definition) is 3. The molecule has 0 bridgehead atoms. The van der Waals surface area contributed by atoms with Crippen molar-refractivity contribution in [2.45, 2.75) is 25.9 Å². The molecule has 0 aliphatic rings. The average molecular weight is 290 g/mol. The monoisotopic (exact) mass is 290 g/mol. The highest BCUT2D eigenvalue weighted by molar-refractivity contribution is 5.86. The van der Waals surface area contributed by atoms with Crippen LogP contribution in [-0.2, 0) is 20.9 Å². The predicted octanol–water partition coefficient (Wildman–Crippen LogP) is 1.40. The summed E-state index contributed by atoms with van der Waals surface area (Å²) in [7, 11) is 0. The maximum Gasteiger partial charge on any atom is 0.245 e. The SMILES string of the molecule is C=CCCOC[C@@H](NC(C)=O)C(=O)NCc1ccccc1. The summed E-state index contributed by atoms with van der Waals surface area (Å²) >= 11 is 0. The van der Waals surface area contributed by atoms with Crippen LogP contribution in [0.15, 0.2) is 43.0 Å². The molecule has 0 aliphatic heterocycles. The van der Waals surface area contributed by atoms with Crippen molar-refractivity contribution in [2.75, 3.05) is 13.2 Å². The van der Waals surface area contributed by atoms with Gasteiger partial charge in [-0.25, -0.2) is 0 Å². The Balaban J connectivity index is 2.45. The van der Waals surface area contributed by atoms with Gasteiger partial charge in [-0.1, -0.05) is 36.4 Å². The van der Waals surface area contributed by atoms with Crippen LogP contribution in [0, 0.1) is 0 Å². The van der Waals surface area contributed by atoms with Gasteiger partial charge in [0.2, 0.25) is 11.8 Å². The lowest BCUT2D eigenvalue weighted by Gasteiger charge is -2.17. The van der Waals surface area contributed by atoms with Gasteiger partial charge < -0.3 is 15.4 Å². The molecule has 1 aromatic carbocycles. The minimum atomic E-state index is -0.684. The summed E-state index contributed by atoms with van der Waals surface area (Å²) in [6.45, 7) is 6.01. The molecule has 1 rings (SSSR count). The lowest BCUT2D eigenvalue weighted by atomic mass is 10.2. The molecule has 0 aliphatic carbocycles. The fourth-order valence-corrected chi connectivity index (χ4v) is 1.70. The number of carbonyl (C=O) groups is 2. The summed E-state index contributed by atoms with van der Waals surface area (Å²) in [6, 6.07) is 8.90. The third-order valence-electron chi connectivity index (χ3n) is 2.75. The second-order valence-electron chi connectivity index (χ2n) is 4.61. The first kappa shape index (κ1) is 16.9. The third kappa shape index (κ3) is 7.27. The number of benzene rings is 1. The Bertz CT molecular complexity index is 460. The van der Waals surface area contributed by atoms with E-state index in [0.717, 1.165) is 5.56 Å². The third-order valence-corrected chi connectivity index (χ3v) is 2.75. The molecule has 0 heterocycles. The van der Waals surface area contributed by atoms with E-state index in [4.69, 9.17) is 4.74 Å². The Hall–Kier alpha value is -2.14. The molecule has 0 saturated carbocycles. The van der Waals surface area contributed by atoms with Crippen LogP contribution in [0.1, 0.15) is 18.9 Å². The second-order valence-corrected chi connectivity index (χ2v) is 4.61. The first-order valence-corrected chi connectivity index (χ1v) is 6.91. The molecular weight excluding hydrogens is 268 g/mol. The zero-order chi connectivity index (χ0) is 15.5. The molecule has 2 amide bonds. The Morgan fingerprint density at radius 2 is 2.05 bits per heavy atom. The molecule has 0 aromatic heterocycles. The summed E-state index contributed by atoms with van der Waals surface area (Å²) in [5.74, 6) is -0.519. The first-order chi connectivity index (χ1) is 10.1. The average Bonchev–Trinajstić information content (AvgIpc) is 2.48. The summed E-state index contributed by atoms with van der Waals surface area (Å²) in [5, 5.41) is 5.38. The van der Waals surface area contributed by atoms with Crippen molar-refractivity contribution in [3.8, 4) is 0 Å². The van der Waals surface area contributed by atoms with Crippen LogP contribution < -0.4 is 10.6 Å². The minimum absolute atomic E-state index is 0.147. The lowest BCUT2D eigenvalue weighted by molar-refractivity contribution is -0.129. The molecule has 1 atom stereocenters. The van der Waals surface area contributed by atoms with Crippen LogP contribution in [-0.4, -0.2) is 31.1 Å². The van der Waals surface area contributed by atoms with Crippen LogP contribution in [0.4, 0.5) is 0 Å². The number of ether oxygens (including phenoxy) is 1. The number of carbonyl (C=O) groups excluding carboxylic acids is 2. The molecule has 5 heteroatoms. The summed E-state index contributed by atoms with van der Waals surface area (Å²) in [6.07, 6.45) is 2.45. The van der Waals surface area contributed by atoms with Crippen LogP contribution >= 0.6 is 0 Å². The van der Waals surface area contributed by atoms with Crippen LogP contribution in [0.25, 0.3) is 0 Å². The van der Waals surface area contributed by atoms with Gasteiger partial charge >= 0.3 is 0 Å². The van der Waals surface area contributed by atoms with E-state index in [0.29, 0.717) is 19.6 Å². The van der Waals surface area contributed by atoms with Gasteiger partial charge in [0.25, 0.3) is 0 Å². The molecule has 0 saturated heterocycles. The van der Waals surface area contributed by atoms with Crippen molar-refractivity contribution < 1.29 is 14.3 Å². The van der Waals surface area contributed by atoms with Gasteiger partial charge in [-0.15, -0.1) is 6.58 Å². The van der Waals surface area contributed by atoms with E-state index in [1.165, 1.54) is 6.92 Å². The highest BCUT2D eigenvalue weighted by Crippen LogP contribution is 1.98. The molecule has 114 valence electrons. The van der Waals surface area contributed by atoms with E-state index < -0.39 is 6.04 Å². The van der Waals surface area contributed by atoms with Crippen molar-refractivity contribution in [3.63, 3.8) is 0 Å². The van der Waals surface area contributed by atoms with Gasteiger partial charge in [0.15, 0.2) is 0 Å². The zero-order valence-corrected chi connectivity index (χ0v) is 12.3. The second kappa shape index (κ2) is 9.72. The zero-order valence-electron chi connectivity index (χ0n) is 12.3. The summed E-state index contributed by atoms with van der Waals surface area (Å²) < 4.78 is 5.36. The standard InChI is InChI=1S/C16H22N2O3/c1-3-4-10-21-12-15(18-13(2)19)16(20)17-11-14-8-6-5-7-9-14/h3,5-9,15H,1,4,10-12H2,2H3,(H,17,20)(H,18,19)/t15-/m1/s1. The van der Waals surface area contributed by atoms with E-state index in [1.54, 1.807) is 6.08 Å². The number of rotatable bonds is 9. The topological polar surface area (TPSA) is 67.4 Å². The number of amides is 2. The number of hydrogen-bond donors (Lipinski definition) is 2. The van der Waals surface area contributed by atoms with Gasteiger partial charge in [0.05, 0.1) is 13.2 Å². The van der Waals surface area contributed by atoms with Crippen LogP contribution in [0.5, 0.6) is 0 Å². The van der Waals surface area contributed by atoms with Gasteiger partial charge in [0, 0.05) is 13.5 Å². The Morgan fingerprint density at radius 3 is 2.67 bits per heavy atom. The molecule has 0 fully saturated rings. The Morgan fingerprint density at radius 1 is 1.33 bits per heavy atom. The summed E-state index contributed by atoms with van der Waals surface area (Å²) in [5.41, 5.74) is 1.00. The van der Waals surface area contributed by atoms with E-state index in [1.807, 2.05) is 30.3 Å². The first-order valence-electron chi connectivity index (χ1n) is 6.91. The van der Waals surface area contributed by atoms with Gasteiger partial charge in [-0.05, 0) is 12.0 Å². The molecule has 0 radical (unpaired) electrons. The van der Waals surface area contributed by atoms with Crippen molar-refractivity contribution >= 4 is 11.8 Å². The normalized spacial score (nSPS) is 11.5. The molecule has 1 aromatic rings. The van der Waals surface area contributed by atoms with Gasteiger partial charge in [0.1, 0.15) is 6.04 Å². The Labute approximate surface area is 125 Å². The molecular formula is C16H22N2O3. The lowest BCUT2D eigenvalue weighted by Crippen LogP contribution is -2.48. The van der Waals surface area contributed by atoms with E-state index in [9.17, 15) is 9.59 Å². The molecule has 2 N–H and O–H groups in total. The van der Waals surface area contributed by atoms with E-state index in [-0.39, 0.29) is 18.4 Å². The van der Waals surface area contributed by atoms with Gasteiger partial charge in [-0.3, -0.25) is 9.59 Å². The van der Waals surface area contributed by atoms with Crippen molar-refractivity contribution in [1.82, 2.24) is 10.6 Å². The quantitative estimate of drug-likeness (QED) is 0.533. The molecule has 0 spiro atoms. The summed E-state index contributed by atoms with van der Waals surface area (Å²) in [4.78, 5) is 23.2. The maximum absolute atomic E-state index is 12.1. The highest BCUT2D eigenvalue weighted by Gasteiger charge is 2.19. The largest absolute Gasteiger partial charge is 0.378 e. The highest BCUT2D eigenvalue weighted by atomic mass is 16.5. The van der Waals surface area contributed by atoms with Crippen molar-refractivity contribution in [3.05, 3.63) is 48.6 Å². The fourth-order valence-electron chi connectivity index (χ4n) is 1.70. The van der Waals surface area contributed by atoms with Crippen molar-refractivity contribution in [1.29, 1.82) is 0 Å². The molecule has 21 heavy (non-hydrogen) atoms. The minimum Gasteiger partial charge on any atom is -0.378 e. The fraction of sp³-hybridized carbons (Fsp3) is 0.375. The van der Waals surface area contributed by atoms with E-state index in [2.05, 4.69) is 17.2 Å². The number of nitrogens with one attached hydrogen (secondary N) is 2. The maximum atomic E-state index is 12.1. The van der Waals surface area contributed by atoms with Crippen LogP contribution in [0.2, 0.25) is 0 Å². The molecule has 5 nitrogen and oxygen atoms in total. The Kier molecular flexibility index (Phi) is 7.82. The predicted molar refractivity (Wildman–Crippen MR) is 81.5 cm³/mol. The molecule has 0 unspecified atom stereocenters. The van der Waals surface area contributed by atoms with Crippen LogP contribution in [0.3, 0.4) is 0 Å². The van der Waals surface area contributed by atoms with E-state index >= 15 is 0 Å².